The van der Waals surface area contributed by atoms with E-state index >= 15 is 0 Å². The van der Waals surface area contributed by atoms with Gasteiger partial charge in [0.1, 0.15) is 5.69 Å². The summed E-state index contributed by atoms with van der Waals surface area (Å²) in [7, 11) is 0. The highest BCUT2D eigenvalue weighted by Crippen LogP contribution is 2.07. The smallest absolute Gasteiger partial charge is 0.223 e. The lowest BCUT2D eigenvalue weighted by molar-refractivity contribution is -0.125. The van der Waals surface area contributed by atoms with E-state index in [2.05, 4.69) is 15.6 Å². The second-order valence-electron chi connectivity index (χ2n) is 4.99. The molecule has 0 radical (unpaired) electrons. The first-order valence-corrected chi connectivity index (χ1v) is 7.48. The van der Waals surface area contributed by atoms with Crippen molar-refractivity contribution < 1.29 is 9.90 Å². The number of aromatic nitrogens is 3. The van der Waals surface area contributed by atoms with Crippen LogP contribution in [0.2, 0.25) is 0 Å². The first kappa shape index (κ1) is 16.6. The summed E-state index contributed by atoms with van der Waals surface area (Å²) in [6.07, 6.45) is 6.37. The molecule has 0 saturated carbocycles. The summed E-state index contributed by atoms with van der Waals surface area (Å²) in [5.41, 5.74) is 0.784. The number of aliphatic hydroxyl groups excluding tert-OH is 1. The van der Waals surface area contributed by atoms with Crippen molar-refractivity contribution in [3.63, 3.8) is 0 Å². The summed E-state index contributed by atoms with van der Waals surface area (Å²) >= 11 is 0. The topological polar surface area (TPSA) is 80.0 Å². The second-order valence-corrected chi connectivity index (χ2v) is 4.99. The van der Waals surface area contributed by atoms with Crippen LogP contribution in [0.1, 0.15) is 51.6 Å². The Bertz CT molecular complexity index is 388. The van der Waals surface area contributed by atoms with E-state index < -0.39 is 0 Å². The Kier molecular flexibility index (Phi) is 7.87. The van der Waals surface area contributed by atoms with Gasteiger partial charge < -0.3 is 10.4 Å². The lowest BCUT2D eigenvalue weighted by atomic mass is 10.0. The molecule has 0 aliphatic heterocycles. The number of carbonyl (C=O) groups is 1. The predicted octanol–water partition coefficient (Wildman–Crippen LogP) is 1.49. The molecule has 114 valence electrons. The van der Waals surface area contributed by atoms with Crippen LogP contribution in [0, 0.1) is 5.92 Å². The highest BCUT2D eigenvalue weighted by Gasteiger charge is 2.13. The van der Waals surface area contributed by atoms with Crippen LogP contribution in [0.4, 0.5) is 0 Å². The van der Waals surface area contributed by atoms with Crippen LogP contribution in [0.3, 0.4) is 0 Å². The molecule has 1 aromatic rings. The normalized spacial score (nSPS) is 11.0. The van der Waals surface area contributed by atoms with Crippen LogP contribution in [-0.2, 0) is 17.9 Å². The molecule has 0 aliphatic carbocycles. The molecule has 0 bridgehead atoms. The number of carbonyl (C=O) groups excluding carboxylic acids is 1. The number of hydrogen-bond donors (Lipinski definition) is 2. The first-order valence-electron chi connectivity index (χ1n) is 7.48. The van der Waals surface area contributed by atoms with Gasteiger partial charge >= 0.3 is 0 Å². The standard InChI is InChI=1S/C14H26N4O2/c1-3-12(4-2)14(20)15-10-13-11-18(17-16-13)8-6-5-7-9-19/h11-12,19H,3-10H2,1-2H3,(H,15,20). The molecule has 0 fully saturated rings. The molecule has 20 heavy (non-hydrogen) atoms. The molecule has 0 aliphatic rings. The van der Waals surface area contributed by atoms with Gasteiger partial charge in [-0.3, -0.25) is 9.48 Å². The highest BCUT2D eigenvalue weighted by atomic mass is 16.2. The minimum absolute atomic E-state index is 0.0866. The average molecular weight is 282 g/mol. The molecule has 0 unspecified atom stereocenters. The molecular weight excluding hydrogens is 256 g/mol. The van der Waals surface area contributed by atoms with Crippen molar-refractivity contribution in [1.82, 2.24) is 20.3 Å². The Hall–Kier alpha value is -1.43. The molecule has 0 spiro atoms. The largest absolute Gasteiger partial charge is 0.396 e. The van der Waals surface area contributed by atoms with Gasteiger partial charge in [0.25, 0.3) is 0 Å². The fourth-order valence-corrected chi connectivity index (χ4v) is 2.07. The molecule has 1 rings (SSSR count). The van der Waals surface area contributed by atoms with Gasteiger partial charge in [-0.05, 0) is 32.1 Å². The Morgan fingerprint density at radius 1 is 1.35 bits per heavy atom. The minimum Gasteiger partial charge on any atom is -0.396 e. The number of amides is 1. The number of nitrogens with one attached hydrogen (secondary N) is 1. The van der Waals surface area contributed by atoms with E-state index in [1.54, 1.807) is 4.68 Å². The number of nitrogens with zero attached hydrogens (tertiary/aromatic N) is 3. The van der Waals surface area contributed by atoms with Gasteiger partial charge in [-0.2, -0.15) is 0 Å². The fourth-order valence-electron chi connectivity index (χ4n) is 2.07. The molecule has 1 heterocycles. The van der Waals surface area contributed by atoms with Gasteiger partial charge in [-0.25, -0.2) is 0 Å². The Morgan fingerprint density at radius 3 is 2.75 bits per heavy atom. The maximum atomic E-state index is 11.8. The van der Waals surface area contributed by atoms with Gasteiger partial charge in [0.05, 0.1) is 12.7 Å². The van der Waals surface area contributed by atoms with Crippen molar-refractivity contribution in [1.29, 1.82) is 0 Å². The molecule has 1 amide bonds. The van der Waals surface area contributed by atoms with Crippen LogP contribution in [0.25, 0.3) is 0 Å². The quantitative estimate of drug-likeness (QED) is 0.637. The summed E-state index contributed by atoms with van der Waals surface area (Å²) in [5.74, 6) is 0.177. The number of aryl methyl sites for hydroxylation is 1. The molecule has 0 aromatic carbocycles. The van der Waals surface area contributed by atoms with Crippen LogP contribution >= 0.6 is 0 Å². The number of rotatable bonds is 10. The number of unbranched alkanes of at least 4 members (excludes halogenated alkanes) is 2. The molecule has 1 aromatic heterocycles. The van der Waals surface area contributed by atoms with Crippen molar-refractivity contribution in [3.8, 4) is 0 Å². The van der Waals surface area contributed by atoms with Gasteiger partial charge in [0.2, 0.25) is 5.91 Å². The van der Waals surface area contributed by atoms with E-state index in [0.717, 1.165) is 44.3 Å². The zero-order valence-electron chi connectivity index (χ0n) is 12.5. The van der Waals surface area contributed by atoms with E-state index in [1.807, 2.05) is 20.0 Å². The van der Waals surface area contributed by atoms with E-state index in [1.165, 1.54) is 0 Å². The lowest BCUT2D eigenvalue weighted by Gasteiger charge is -2.11. The van der Waals surface area contributed by atoms with Crippen LogP contribution in [0.5, 0.6) is 0 Å². The SMILES string of the molecule is CCC(CC)C(=O)NCc1cn(CCCCCO)nn1. The van der Waals surface area contributed by atoms with Gasteiger partial charge in [-0.15, -0.1) is 5.10 Å². The highest BCUT2D eigenvalue weighted by molar-refractivity contribution is 5.78. The third kappa shape index (κ3) is 5.69. The van der Waals surface area contributed by atoms with E-state index in [9.17, 15) is 4.79 Å². The van der Waals surface area contributed by atoms with Crippen molar-refractivity contribution in [3.05, 3.63) is 11.9 Å². The van der Waals surface area contributed by atoms with Gasteiger partial charge in [0, 0.05) is 19.1 Å². The van der Waals surface area contributed by atoms with Crippen LogP contribution in [-0.4, -0.2) is 32.6 Å². The summed E-state index contributed by atoms with van der Waals surface area (Å²) < 4.78 is 1.79. The summed E-state index contributed by atoms with van der Waals surface area (Å²) in [6, 6.07) is 0. The Balaban J connectivity index is 2.31. The first-order chi connectivity index (χ1) is 9.71. The molecular formula is C14H26N4O2. The van der Waals surface area contributed by atoms with Crippen LogP contribution < -0.4 is 5.32 Å². The minimum atomic E-state index is 0.0866. The van der Waals surface area contributed by atoms with Gasteiger partial charge in [-0.1, -0.05) is 19.1 Å². The third-order valence-corrected chi connectivity index (χ3v) is 3.43. The summed E-state index contributed by atoms with van der Waals surface area (Å²) in [6.45, 7) is 5.52. The molecule has 0 saturated heterocycles. The zero-order valence-corrected chi connectivity index (χ0v) is 12.5. The molecule has 6 nitrogen and oxygen atoms in total. The summed E-state index contributed by atoms with van der Waals surface area (Å²) in [5, 5.41) is 19.7. The lowest BCUT2D eigenvalue weighted by Crippen LogP contribution is -2.29. The average Bonchev–Trinajstić information content (AvgIpc) is 2.91. The van der Waals surface area contributed by atoms with Crippen molar-refractivity contribution in [2.24, 2.45) is 5.92 Å². The number of aliphatic hydroxyl groups is 1. The maximum Gasteiger partial charge on any atom is 0.223 e. The summed E-state index contributed by atoms with van der Waals surface area (Å²) in [4.78, 5) is 11.8. The maximum absolute atomic E-state index is 11.8. The fraction of sp³-hybridized carbons (Fsp3) is 0.786. The Morgan fingerprint density at radius 2 is 2.10 bits per heavy atom. The molecule has 0 atom stereocenters. The van der Waals surface area contributed by atoms with E-state index in [4.69, 9.17) is 5.11 Å². The van der Waals surface area contributed by atoms with Crippen molar-refractivity contribution in [2.75, 3.05) is 6.61 Å². The van der Waals surface area contributed by atoms with Crippen molar-refractivity contribution in [2.45, 2.75) is 59.0 Å². The predicted molar refractivity (Wildman–Crippen MR) is 76.9 cm³/mol. The van der Waals surface area contributed by atoms with E-state index in [-0.39, 0.29) is 18.4 Å². The van der Waals surface area contributed by atoms with E-state index in [0.29, 0.717) is 6.54 Å². The number of hydrogen-bond acceptors (Lipinski definition) is 4. The van der Waals surface area contributed by atoms with Gasteiger partial charge in [0.15, 0.2) is 0 Å². The zero-order chi connectivity index (χ0) is 14.8. The second kappa shape index (κ2) is 9.47. The Labute approximate surface area is 120 Å². The molecule has 6 heteroatoms. The van der Waals surface area contributed by atoms with Crippen molar-refractivity contribution >= 4 is 5.91 Å². The molecule has 2 N–H and O–H groups in total. The van der Waals surface area contributed by atoms with Crippen LogP contribution in [0.15, 0.2) is 6.20 Å². The monoisotopic (exact) mass is 282 g/mol. The third-order valence-electron chi connectivity index (χ3n) is 3.43.